The molecule has 0 saturated carbocycles. The topological polar surface area (TPSA) is 75.7 Å². The quantitative estimate of drug-likeness (QED) is 0.715. The number of morpholine rings is 1. The number of nitrogens with zero attached hydrogens (tertiary/aromatic N) is 1. The van der Waals surface area contributed by atoms with Crippen LogP contribution in [0, 0.1) is 6.92 Å². The van der Waals surface area contributed by atoms with Gasteiger partial charge in [-0.25, -0.2) is 8.42 Å². The molecule has 1 aliphatic rings. The molecule has 2 aromatic carbocycles. The van der Waals surface area contributed by atoms with Gasteiger partial charge < -0.3 is 10.1 Å². The molecule has 1 amide bonds. The number of hydrogen-bond acceptors (Lipinski definition) is 5. The highest BCUT2D eigenvalue weighted by atomic mass is 32.2. The summed E-state index contributed by atoms with van der Waals surface area (Å²) in [4.78, 5) is 15.1. The molecule has 1 saturated heterocycles. The number of amides is 1. The first-order valence-electron chi connectivity index (χ1n) is 9.88. The largest absolute Gasteiger partial charge is 0.379 e. The molecule has 6 nitrogen and oxygen atoms in total. The molecule has 0 spiro atoms. The first kappa shape index (κ1) is 21.5. The maximum atomic E-state index is 12.6. The van der Waals surface area contributed by atoms with E-state index in [-0.39, 0.29) is 29.0 Å². The van der Waals surface area contributed by atoms with Gasteiger partial charge in [-0.2, -0.15) is 0 Å². The Kier molecular flexibility index (Phi) is 7.41. The van der Waals surface area contributed by atoms with Gasteiger partial charge in [0.1, 0.15) is 0 Å². The monoisotopic (exact) mass is 416 g/mol. The summed E-state index contributed by atoms with van der Waals surface area (Å²) in [5.74, 6) is -0.469. The van der Waals surface area contributed by atoms with Crippen molar-refractivity contribution in [2.45, 2.75) is 24.3 Å². The van der Waals surface area contributed by atoms with Gasteiger partial charge in [-0.05, 0) is 24.6 Å². The van der Waals surface area contributed by atoms with E-state index in [4.69, 9.17) is 4.74 Å². The lowest BCUT2D eigenvalue weighted by Crippen LogP contribution is -2.43. The van der Waals surface area contributed by atoms with Crippen molar-refractivity contribution in [2.75, 3.05) is 38.6 Å². The first-order chi connectivity index (χ1) is 13.9. The van der Waals surface area contributed by atoms with E-state index in [0.717, 1.165) is 24.2 Å². The standard InChI is InChI=1S/C22H28N2O4S/c1-18-7-9-20(10-8-18)29(26,27)16-11-22(25)23-21(19-5-3-2-4-6-19)17-24-12-14-28-15-13-24/h2-10,21H,11-17H2,1H3,(H,23,25)/t21-/m1/s1. The van der Waals surface area contributed by atoms with Crippen molar-refractivity contribution < 1.29 is 17.9 Å². The number of nitrogens with one attached hydrogen (secondary N) is 1. The summed E-state index contributed by atoms with van der Waals surface area (Å²) in [6, 6.07) is 16.3. The molecule has 29 heavy (non-hydrogen) atoms. The smallest absolute Gasteiger partial charge is 0.221 e. The minimum absolute atomic E-state index is 0.0668. The van der Waals surface area contributed by atoms with Gasteiger partial charge in [0.15, 0.2) is 9.84 Å². The molecule has 1 heterocycles. The fourth-order valence-electron chi connectivity index (χ4n) is 3.32. The summed E-state index contributed by atoms with van der Waals surface area (Å²) in [5, 5.41) is 3.03. The highest BCUT2D eigenvalue weighted by Gasteiger charge is 2.22. The summed E-state index contributed by atoms with van der Waals surface area (Å²) in [7, 11) is -3.49. The summed E-state index contributed by atoms with van der Waals surface area (Å²) in [6.45, 7) is 5.59. The average molecular weight is 417 g/mol. The molecule has 1 aliphatic heterocycles. The van der Waals surface area contributed by atoms with Crippen molar-refractivity contribution in [3.63, 3.8) is 0 Å². The van der Waals surface area contributed by atoms with Crippen molar-refractivity contribution in [1.82, 2.24) is 10.2 Å². The molecular formula is C22H28N2O4S. The Morgan fingerprint density at radius 2 is 1.72 bits per heavy atom. The average Bonchev–Trinajstić information content (AvgIpc) is 2.74. The highest BCUT2D eigenvalue weighted by molar-refractivity contribution is 7.91. The van der Waals surface area contributed by atoms with E-state index in [0.29, 0.717) is 19.8 Å². The van der Waals surface area contributed by atoms with Crippen molar-refractivity contribution >= 4 is 15.7 Å². The third-order valence-electron chi connectivity index (χ3n) is 5.06. The lowest BCUT2D eigenvalue weighted by Gasteiger charge is -2.31. The SMILES string of the molecule is Cc1ccc(S(=O)(=O)CCC(=O)N[C@H](CN2CCOCC2)c2ccccc2)cc1. The Morgan fingerprint density at radius 1 is 1.07 bits per heavy atom. The number of aryl methyl sites for hydroxylation is 1. The molecule has 1 fully saturated rings. The van der Waals surface area contributed by atoms with Gasteiger partial charge in [0.05, 0.1) is 29.9 Å². The van der Waals surface area contributed by atoms with Gasteiger partial charge in [0.2, 0.25) is 5.91 Å². The van der Waals surface area contributed by atoms with E-state index in [1.165, 1.54) is 0 Å². The molecule has 0 aromatic heterocycles. The molecule has 1 atom stereocenters. The van der Waals surface area contributed by atoms with Gasteiger partial charge in [-0.1, -0.05) is 48.0 Å². The Morgan fingerprint density at radius 3 is 2.38 bits per heavy atom. The number of carbonyl (C=O) groups excluding carboxylic acids is 1. The number of benzene rings is 2. The summed E-state index contributed by atoms with van der Waals surface area (Å²) in [6.07, 6.45) is -0.0668. The number of ether oxygens (including phenoxy) is 1. The van der Waals surface area contributed by atoms with Crippen molar-refractivity contribution in [1.29, 1.82) is 0 Å². The van der Waals surface area contributed by atoms with Crippen LogP contribution < -0.4 is 5.32 Å². The van der Waals surface area contributed by atoms with Gasteiger partial charge in [0.25, 0.3) is 0 Å². The van der Waals surface area contributed by atoms with Gasteiger partial charge in [0, 0.05) is 26.1 Å². The predicted octanol–water partition coefficient (Wildman–Crippen LogP) is 2.35. The van der Waals surface area contributed by atoms with Crippen LogP contribution in [0.4, 0.5) is 0 Å². The van der Waals surface area contributed by atoms with Crippen LogP contribution in [0.2, 0.25) is 0 Å². The fraction of sp³-hybridized carbons (Fsp3) is 0.409. The lowest BCUT2D eigenvalue weighted by molar-refractivity contribution is -0.121. The molecule has 1 N–H and O–H groups in total. The van der Waals surface area contributed by atoms with Crippen LogP contribution >= 0.6 is 0 Å². The number of sulfone groups is 1. The van der Waals surface area contributed by atoms with Crippen LogP contribution in [0.15, 0.2) is 59.5 Å². The Labute approximate surface area is 172 Å². The van der Waals surface area contributed by atoms with E-state index < -0.39 is 9.84 Å². The lowest BCUT2D eigenvalue weighted by atomic mass is 10.1. The van der Waals surface area contributed by atoms with Crippen LogP contribution in [-0.2, 0) is 19.4 Å². The van der Waals surface area contributed by atoms with Gasteiger partial charge >= 0.3 is 0 Å². The Hall–Kier alpha value is -2.22. The third kappa shape index (κ3) is 6.39. The maximum absolute atomic E-state index is 12.6. The zero-order valence-corrected chi connectivity index (χ0v) is 17.5. The zero-order chi connectivity index (χ0) is 20.7. The molecular weight excluding hydrogens is 388 g/mol. The van der Waals surface area contributed by atoms with Crippen molar-refractivity contribution in [3.8, 4) is 0 Å². The van der Waals surface area contributed by atoms with Crippen LogP contribution in [0.25, 0.3) is 0 Å². The third-order valence-corrected chi connectivity index (χ3v) is 6.79. The van der Waals surface area contributed by atoms with E-state index in [2.05, 4.69) is 10.2 Å². The van der Waals surface area contributed by atoms with Crippen LogP contribution in [0.3, 0.4) is 0 Å². The summed E-state index contributed by atoms with van der Waals surface area (Å²) < 4.78 is 30.4. The van der Waals surface area contributed by atoms with E-state index in [1.807, 2.05) is 37.3 Å². The maximum Gasteiger partial charge on any atom is 0.221 e. The highest BCUT2D eigenvalue weighted by Crippen LogP contribution is 2.17. The molecule has 7 heteroatoms. The normalized spacial score (nSPS) is 16.3. The van der Waals surface area contributed by atoms with Gasteiger partial charge in [-0.3, -0.25) is 9.69 Å². The van der Waals surface area contributed by atoms with Crippen LogP contribution in [-0.4, -0.2) is 57.8 Å². The zero-order valence-electron chi connectivity index (χ0n) is 16.7. The van der Waals surface area contributed by atoms with Crippen molar-refractivity contribution in [3.05, 3.63) is 65.7 Å². The second-order valence-corrected chi connectivity index (χ2v) is 9.43. The number of carbonyl (C=O) groups is 1. The molecule has 0 aliphatic carbocycles. The fourth-order valence-corrected chi connectivity index (χ4v) is 4.56. The van der Waals surface area contributed by atoms with Gasteiger partial charge in [-0.15, -0.1) is 0 Å². The molecule has 156 valence electrons. The van der Waals surface area contributed by atoms with E-state index >= 15 is 0 Å². The number of hydrogen-bond donors (Lipinski definition) is 1. The van der Waals surface area contributed by atoms with Crippen LogP contribution in [0.1, 0.15) is 23.6 Å². The predicted molar refractivity (Wildman–Crippen MR) is 112 cm³/mol. The second kappa shape index (κ2) is 10.0. The molecule has 3 rings (SSSR count). The minimum atomic E-state index is -3.49. The molecule has 0 radical (unpaired) electrons. The molecule has 0 bridgehead atoms. The first-order valence-corrected chi connectivity index (χ1v) is 11.5. The molecule has 0 unspecified atom stereocenters. The summed E-state index contributed by atoms with van der Waals surface area (Å²) in [5.41, 5.74) is 2.00. The minimum Gasteiger partial charge on any atom is -0.379 e. The number of rotatable bonds is 8. The Balaban J connectivity index is 1.62. The molecule has 2 aromatic rings. The van der Waals surface area contributed by atoms with Crippen LogP contribution in [0.5, 0.6) is 0 Å². The Bertz CT molecular complexity index is 892. The summed E-state index contributed by atoms with van der Waals surface area (Å²) >= 11 is 0. The van der Waals surface area contributed by atoms with Crippen molar-refractivity contribution in [2.24, 2.45) is 0 Å². The van der Waals surface area contributed by atoms with E-state index in [9.17, 15) is 13.2 Å². The van der Waals surface area contributed by atoms with E-state index in [1.54, 1.807) is 24.3 Å². The second-order valence-electron chi connectivity index (χ2n) is 7.33.